The van der Waals surface area contributed by atoms with E-state index in [4.69, 9.17) is 21.1 Å². The van der Waals surface area contributed by atoms with Gasteiger partial charge in [-0.05, 0) is 60.7 Å². The molecule has 2 aromatic carbocycles. The molecular formula is C26H32ClN3O4. The van der Waals surface area contributed by atoms with Crippen molar-refractivity contribution in [1.82, 2.24) is 10.6 Å². The summed E-state index contributed by atoms with van der Waals surface area (Å²) in [6.45, 7) is 2.17. The SMILES string of the molecule is COCC1CN(c2ccc(C3CCCCC3NCCNC(=O)c3ccc(Cl)cc3)cc2)C(=O)O1. The van der Waals surface area contributed by atoms with E-state index in [0.717, 1.165) is 18.5 Å². The molecule has 2 aromatic rings. The first-order valence-electron chi connectivity index (χ1n) is 11.9. The molecule has 2 aliphatic rings. The molecule has 0 spiro atoms. The molecule has 4 rings (SSSR count). The third-order valence-corrected chi connectivity index (χ3v) is 6.80. The van der Waals surface area contributed by atoms with Gasteiger partial charge in [0.05, 0.1) is 13.2 Å². The summed E-state index contributed by atoms with van der Waals surface area (Å²) in [5, 5.41) is 7.23. The molecule has 2 fully saturated rings. The highest BCUT2D eigenvalue weighted by Gasteiger charge is 2.32. The van der Waals surface area contributed by atoms with Crippen molar-refractivity contribution in [3.05, 3.63) is 64.7 Å². The first kappa shape index (κ1) is 24.5. The fourth-order valence-corrected chi connectivity index (χ4v) is 4.94. The zero-order valence-electron chi connectivity index (χ0n) is 19.5. The van der Waals surface area contributed by atoms with Gasteiger partial charge < -0.3 is 20.1 Å². The molecule has 1 saturated carbocycles. The smallest absolute Gasteiger partial charge is 0.414 e. The van der Waals surface area contributed by atoms with Gasteiger partial charge in [0.1, 0.15) is 6.10 Å². The van der Waals surface area contributed by atoms with Gasteiger partial charge in [0.2, 0.25) is 0 Å². The Morgan fingerprint density at radius 3 is 2.56 bits per heavy atom. The molecule has 3 unspecified atom stereocenters. The van der Waals surface area contributed by atoms with Crippen LogP contribution in [-0.4, -0.2) is 57.5 Å². The number of halogens is 1. The number of rotatable bonds is 9. The second kappa shape index (κ2) is 11.7. The van der Waals surface area contributed by atoms with E-state index in [2.05, 4.69) is 22.8 Å². The Labute approximate surface area is 205 Å². The average Bonchev–Trinajstić information content (AvgIpc) is 3.22. The summed E-state index contributed by atoms with van der Waals surface area (Å²) in [4.78, 5) is 26.1. The summed E-state index contributed by atoms with van der Waals surface area (Å²) in [6, 6.07) is 15.5. The highest BCUT2D eigenvalue weighted by Crippen LogP contribution is 2.34. The molecule has 0 bridgehead atoms. The number of carbonyl (C=O) groups is 2. The molecule has 1 aliphatic heterocycles. The zero-order chi connectivity index (χ0) is 23.9. The number of nitrogens with zero attached hydrogens (tertiary/aromatic N) is 1. The number of carbonyl (C=O) groups excluding carboxylic acids is 2. The molecule has 7 nitrogen and oxygen atoms in total. The van der Waals surface area contributed by atoms with Gasteiger partial charge in [0.15, 0.2) is 0 Å². The van der Waals surface area contributed by atoms with Gasteiger partial charge in [0, 0.05) is 42.5 Å². The predicted octanol–water partition coefficient (Wildman–Crippen LogP) is 4.36. The second-order valence-electron chi connectivity index (χ2n) is 8.88. The van der Waals surface area contributed by atoms with Crippen LogP contribution in [0.5, 0.6) is 0 Å². The van der Waals surface area contributed by atoms with Crippen LogP contribution in [0, 0.1) is 0 Å². The van der Waals surface area contributed by atoms with Crippen molar-refractivity contribution < 1.29 is 19.1 Å². The van der Waals surface area contributed by atoms with E-state index in [9.17, 15) is 9.59 Å². The van der Waals surface area contributed by atoms with Gasteiger partial charge >= 0.3 is 6.09 Å². The minimum absolute atomic E-state index is 0.0950. The number of methoxy groups -OCH3 is 1. The monoisotopic (exact) mass is 485 g/mol. The summed E-state index contributed by atoms with van der Waals surface area (Å²) in [5.41, 5.74) is 2.72. The lowest BCUT2D eigenvalue weighted by Gasteiger charge is -2.33. The van der Waals surface area contributed by atoms with Crippen molar-refractivity contribution in [2.24, 2.45) is 0 Å². The van der Waals surface area contributed by atoms with E-state index in [1.54, 1.807) is 36.3 Å². The lowest BCUT2D eigenvalue weighted by Crippen LogP contribution is -2.41. The molecule has 1 heterocycles. The number of cyclic esters (lactones) is 1. The van der Waals surface area contributed by atoms with Gasteiger partial charge in [0.25, 0.3) is 5.91 Å². The first-order chi connectivity index (χ1) is 16.5. The van der Waals surface area contributed by atoms with E-state index in [1.165, 1.54) is 18.4 Å². The quantitative estimate of drug-likeness (QED) is 0.516. The number of anilines is 1. The highest BCUT2D eigenvalue weighted by atomic mass is 35.5. The fraction of sp³-hybridized carbons (Fsp3) is 0.462. The van der Waals surface area contributed by atoms with Crippen molar-refractivity contribution in [3.8, 4) is 0 Å². The van der Waals surface area contributed by atoms with Gasteiger partial charge in [-0.25, -0.2) is 4.79 Å². The molecule has 8 heteroatoms. The largest absolute Gasteiger partial charge is 0.441 e. The van der Waals surface area contributed by atoms with Crippen molar-refractivity contribution in [3.63, 3.8) is 0 Å². The van der Waals surface area contributed by atoms with Crippen LogP contribution in [0.2, 0.25) is 5.02 Å². The average molecular weight is 486 g/mol. The van der Waals surface area contributed by atoms with E-state index >= 15 is 0 Å². The summed E-state index contributed by atoms with van der Waals surface area (Å²) in [5.74, 6) is 0.309. The van der Waals surface area contributed by atoms with Crippen LogP contribution in [0.15, 0.2) is 48.5 Å². The van der Waals surface area contributed by atoms with Crippen LogP contribution >= 0.6 is 11.6 Å². The summed E-state index contributed by atoms with van der Waals surface area (Å²) in [7, 11) is 1.60. The second-order valence-corrected chi connectivity index (χ2v) is 9.31. The number of nitrogens with one attached hydrogen (secondary N) is 2. The highest BCUT2D eigenvalue weighted by molar-refractivity contribution is 6.30. The van der Waals surface area contributed by atoms with Gasteiger partial charge in [-0.1, -0.05) is 36.6 Å². The van der Waals surface area contributed by atoms with Gasteiger partial charge in [-0.2, -0.15) is 0 Å². The van der Waals surface area contributed by atoms with Crippen LogP contribution in [0.4, 0.5) is 10.5 Å². The Morgan fingerprint density at radius 1 is 1.09 bits per heavy atom. The van der Waals surface area contributed by atoms with Crippen molar-refractivity contribution in [2.75, 3.05) is 38.3 Å². The van der Waals surface area contributed by atoms with Crippen molar-refractivity contribution in [2.45, 2.75) is 43.7 Å². The van der Waals surface area contributed by atoms with Crippen LogP contribution in [0.25, 0.3) is 0 Å². The topological polar surface area (TPSA) is 79.9 Å². The maximum atomic E-state index is 12.3. The van der Waals surface area contributed by atoms with Crippen LogP contribution in [0.3, 0.4) is 0 Å². The Morgan fingerprint density at radius 2 is 1.82 bits per heavy atom. The number of ether oxygens (including phenoxy) is 2. The van der Waals surface area contributed by atoms with E-state index in [0.29, 0.717) is 48.8 Å². The van der Waals surface area contributed by atoms with Crippen molar-refractivity contribution >= 4 is 29.3 Å². The molecule has 34 heavy (non-hydrogen) atoms. The lowest BCUT2D eigenvalue weighted by molar-refractivity contribution is 0.0718. The molecule has 0 aromatic heterocycles. The normalized spacial score (nSPS) is 22.5. The fourth-order valence-electron chi connectivity index (χ4n) is 4.82. The molecular weight excluding hydrogens is 454 g/mol. The molecule has 3 atom stereocenters. The third-order valence-electron chi connectivity index (χ3n) is 6.55. The van der Waals surface area contributed by atoms with Gasteiger partial charge in [-0.3, -0.25) is 9.69 Å². The molecule has 0 radical (unpaired) electrons. The van der Waals surface area contributed by atoms with Crippen LogP contribution in [0.1, 0.15) is 47.5 Å². The summed E-state index contributed by atoms with van der Waals surface area (Å²) in [6.07, 6.45) is 4.07. The minimum Gasteiger partial charge on any atom is -0.441 e. The number of hydrogen-bond donors (Lipinski definition) is 2. The standard InChI is InChI=1S/C26H32ClN3O4/c1-33-17-22-16-30(26(32)34-22)21-12-8-18(9-13-21)23-4-2-3-5-24(23)28-14-15-29-25(31)19-6-10-20(27)11-7-19/h6-13,22-24,28H,2-5,14-17H2,1H3,(H,29,31). The van der Waals surface area contributed by atoms with Crippen LogP contribution < -0.4 is 15.5 Å². The number of benzene rings is 2. The zero-order valence-corrected chi connectivity index (χ0v) is 20.2. The van der Waals surface area contributed by atoms with Crippen LogP contribution in [-0.2, 0) is 9.47 Å². The van der Waals surface area contributed by atoms with E-state index in [1.807, 2.05) is 12.1 Å². The Kier molecular flexibility index (Phi) is 8.43. The Balaban J connectivity index is 1.30. The maximum Gasteiger partial charge on any atom is 0.414 e. The first-order valence-corrected chi connectivity index (χ1v) is 12.3. The summed E-state index contributed by atoms with van der Waals surface area (Å²) < 4.78 is 10.5. The van der Waals surface area contributed by atoms with Gasteiger partial charge in [-0.15, -0.1) is 0 Å². The Bertz CT molecular complexity index is 967. The van der Waals surface area contributed by atoms with E-state index in [-0.39, 0.29) is 18.1 Å². The molecule has 1 aliphatic carbocycles. The third kappa shape index (κ3) is 6.09. The molecule has 2 N–H and O–H groups in total. The molecule has 182 valence electrons. The van der Waals surface area contributed by atoms with E-state index < -0.39 is 0 Å². The van der Waals surface area contributed by atoms with Crippen molar-refractivity contribution in [1.29, 1.82) is 0 Å². The lowest BCUT2D eigenvalue weighted by atomic mass is 9.80. The number of amides is 2. The Hall–Kier alpha value is -2.61. The minimum atomic E-state index is -0.326. The molecule has 1 saturated heterocycles. The summed E-state index contributed by atoms with van der Waals surface area (Å²) >= 11 is 5.89. The number of hydrogen-bond acceptors (Lipinski definition) is 5. The predicted molar refractivity (Wildman–Crippen MR) is 133 cm³/mol. The maximum absolute atomic E-state index is 12.3. The molecule has 2 amide bonds.